The number of ether oxygens (including phenoxy) is 2. The molecule has 1 aromatic carbocycles. The number of hydrogen-bond acceptors (Lipinski definition) is 8. The van der Waals surface area contributed by atoms with Gasteiger partial charge >= 0.3 is 0 Å². The van der Waals surface area contributed by atoms with E-state index >= 15 is 0 Å². The highest BCUT2D eigenvalue weighted by molar-refractivity contribution is 8.00. The molecular formula is C17H19N5O3S2. The van der Waals surface area contributed by atoms with Gasteiger partial charge in [-0.3, -0.25) is 4.79 Å². The lowest BCUT2D eigenvalue weighted by molar-refractivity contribution is -0.115. The number of aromatic nitrogens is 4. The van der Waals surface area contributed by atoms with E-state index in [2.05, 4.69) is 20.5 Å². The lowest BCUT2D eigenvalue weighted by atomic mass is 10.2. The van der Waals surface area contributed by atoms with Gasteiger partial charge in [0.2, 0.25) is 5.91 Å². The van der Waals surface area contributed by atoms with Crippen molar-refractivity contribution >= 4 is 34.1 Å². The molecule has 0 aliphatic heterocycles. The van der Waals surface area contributed by atoms with Crippen LogP contribution in [0.15, 0.2) is 34.9 Å². The average Bonchev–Trinajstić information content (AvgIpc) is 3.31. The lowest BCUT2D eigenvalue weighted by Crippen LogP contribution is -2.22. The van der Waals surface area contributed by atoms with Crippen molar-refractivity contribution in [3.63, 3.8) is 0 Å². The third kappa shape index (κ3) is 4.22. The first-order chi connectivity index (χ1) is 13.0. The predicted octanol–water partition coefficient (Wildman–Crippen LogP) is 3.08. The van der Waals surface area contributed by atoms with Gasteiger partial charge in [0.25, 0.3) is 0 Å². The van der Waals surface area contributed by atoms with Crippen LogP contribution in [0.3, 0.4) is 0 Å². The van der Waals surface area contributed by atoms with Crippen LogP contribution < -0.4 is 14.8 Å². The summed E-state index contributed by atoms with van der Waals surface area (Å²) >= 11 is 2.71. The highest BCUT2D eigenvalue weighted by atomic mass is 32.2. The number of nitrogens with zero attached hydrogens (tertiary/aromatic N) is 4. The Morgan fingerprint density at radius 3 is 2.70 bits per heavy atom. The third-order valence-electron chi connectivity index (χ3n) is 3.79. The zero-order valence-electron chi connectivity index (χ0n) is 15.3. The van der Waals surface area contributed by atoms with Crippen LogP contribution in [0, 0.1) is 0 Å². The summed E-state index contributed by atoms with van der Waals surface area (Å²) in [4.78, 5) is 16.4. The number of benzene rings is 1. The molecule has 10 heteroatoms. The van der Waals surface area contributed by atoms with Crippen LogP contribution in [0.2, 0.25) is 0 Å². The Morgan fingerprint density at radius 2 is 2.04 bits per heavy atom. The van der Waals surface area contributed by atoms with Crippen LogP contribution in [0.4, 0.5) is 5.13 Å². The van der Waals surface area contributed by atoms with Gasteiger partial charge in [0.15, 0.2) is 27.6 Å². The van der Waals surface area contributed by atoms with Gasteiger partial charge in [0, 0.05) is 24.2 Å². The molecule has 0 aliphatic carbocycles. The van der Waals surface area contributed by atoms with Crippen LogP contribution in [0.5, 0.6) is 11.5 Å². The Hall–Kier alpha value is -2.59. The Labute approximate surface area is 164 Å². The van der Waals surface area contributed by atoms with Gasteiger partial charge < -0.3 is 19.4 Å². The summed E-state index contributed by atoms with van der Waals surface area (Å²) < 4.78 is 12.5. The molecule has 2 aromatic heterocycles. The molecule has 0 fully saturated rings. The Kier molecular flexibility index (Phi) is 5.97. The molecule has 0 radical (unpaired) electrons. The minimum absolute atomic E-state index is 0.134. The summed E-state index contributed by atoms with van der Waals surface area (Å²) in [5.74, 6) is 1.80. The van der Waals surface area contributed by atoms with E-state index in [-0.39, 0.29) is 11.2 Å². The van der Waals surface area contributed by atoms with E-state index in [1.165, 1.54) is 23.1 Å². The van der Waals surface area contributed by atoms with E-state index in [1.807, 2.05) is 42.1 Å². The number of carbonyl (C=O) groups excluding carboxylic acids is 1. The number of hydrogen-bond donors (Lipinski definition) is 1. The van der Waals surface area contributed by atoms with E-state index in [4.69, 9.17) is 9.47 Å². The summed E-state index contributed by atoms with van der Waals surface area (Å²) in [5, 5.41) is 13.9. The molecule has 0 aliphatic rings. The average molecular weight is 406 g/mol. The molecule has 2 heterocycles. The maximum atomic E-state index is 12.3. The first-order valence-electron chi connectivity index (χ1n) is 8.02. The van der Waals surface area contributed by atoms with Gasteiger partial charge in [-0.2, -0.15) is 0 Å². The van der Waals surface area contributed by atoms with E-state index < -0.39 is 0 Å². The van der Waals surface area contributed by atoms with Crippen molar-refractivity contribution in [1.82, 2.24) is 19.7 Å². The lowest BCUT2D eigenvalue weighted by Gasteiger charge is -2.11. The molecule has 142 valence electrons. The molecule has 27 heavy (non-hydrogen) atoms. The molecule has 0 spiro atoms. The number of amides is 1. The molecule has 1 amide bonds. The zero-order chi connectivity index (χ0) is 19.4. The maximum absolute atomic E-state index is 12.3. The SMILES string of the molecule is COc1ccc(-c2nnc(S[C@H](C)C(=O)Nc3nccs3)n2C)cc1OC. The molecule has 3 rings (SSSR count). The van der Waals surface area contributed by atoms with Crippen LogP contribution in [0.25, 0.3) is 11.4 Å². The van der Waals surface area contributed by atoms with Crippen molar-refractivity contribution < 1.29 is 14.3 Å². The highest BCUT2D eigenvalue weighted by Crippen LogP contribution is 2.33. The minimum atomic E-state index is -0.352. The van der Waals surface area contributed by atoms with Crippen LogP contribution in [0.1, 0.15) is 6.92 Å². The third-order valence-corrected chi connectivity index (χ3v) is 5.61. The molecule has 1 atom stereocenters. The zero-order valence-corrected chi connectivity index (χ0v) is 16.9. The molecule has 8 nitrogen and oxygen atoms in total. The second-order valence-corrected chi connectivity index (χ2v) is 7.72. The van der Waals surface area contributed by atoms with Gasteiger partial charge in [0.05, 0.1) is 19.5 Å². The molecule has 0 saturated carbocycles. The molecular weight excluding hydrogens is 386 g/mol. The number of rotatable bonds is 7. The fourth-order valence-electron chi connectivity index (χ4n) is 2.35. The van der Waals surface area contributed by atoms with Gasteiger partial charge in [-0.1, -0.05) is 11.8 Å². The Balaban J connectivity index is 1.76. The number of nitrogens with one attached hydrogen (secondary N) is 1. The molecule has 0 bridgehead atoms. The Bertz CT molecular complexity index is 927. The van der Waals surface area contributed by atoms with Crippen molar-refractivity contribution in [2.24, 2.45) is 7.05 Å². The fourth-order valence-corrected chi connectivity index (χ4v) is 3.69. The van der Waals surface area contributed by atoms with Gasteiger partial charge in [-0.25, -0.2) is 4.98 Å². The first-order valence-corrected chi connectivity index (χ1v) is 9.78. The van der Waals surface area contributed by atoms with E-state index in [0.29, 0.717) is 27.6 Å². The number of carbonyl (C=O) groups is 1. The van der Waals surface area contributed by atoms with Gasteiger partial charge in [-0.05, 0) is 25.1 Å². The van der Waals surface area contributed by atoms with Gasteiger partial charge in [0.1, 0.15) is 0 Å². The van der Waals surface area contributed by atoms with Crippen LogP contribution >= 0.6 is 23.1 Å². The minimum Gasteiger partial charge on any atom is -0.493 e. The maximum Gasteiger partial charge on any atom is 0.239 e. The molecule has 3 aromatic rings. The molecule has 0 unspecified atom stereocenters. The van der Waals surface area contributed by atoms with E-state index in [9.17, 15) is 4.79 Å². The van der Waals surface area contributed by atoms with Crippen molar-refractivity contribution in [1.29, 1.82) is 0 Å². The summed E-state index contributed by atoms with van der Waals surface area (Å²) in [6, 6.07) is 5.55. The van der Waals surface area contributed by atoms with E-state index in [0.717, 1.165) is 5.56 Å². The van der Waals surface area contributed by atoms with Crippen molar-refractivity contribution in [2.45, 2.75) is 17.3 Å². The highest BCUT2D eigenvalue weighted by Gasteiger charge is 2.20. The fraction of sp³-hybridized carbons (Fsp3) is 0.294. The smallest absolute Gasteiger partial charge is 0.239 e. The topological polar surface area (TPSA) is 91.2 Å². The number of thiazole rings is 1. The molecule has 0 saturated heterocycles. The molecule has 1 N–H and O–H groups in total. The normalized spacial score (nSPS) is 11.9. The van der Waals surface area contributed by atoms with E-state index in [1.54, 1.807) is 20.4 Å². The number of methoxy groups -OCH3 is 2. The standard InChI is InChI=1S/C17H19N5O3S2/c1-10(15(23)19-16-18-7-8-26-16)27-17-21-20-14(22(17)2)11-5-6-12(24-3)13(9-11)25-4/h5-10H,1-4H3,(H,18,19,23)/t10-/m1/s1. The summed E-state index contributed by atoms with van der Waals surface area (Å²) in [5.41, 5.74) is 0.842. The monoisotopic (exact) mass is 405 g/mol. The van der Waals surface area contributed by atoms with Crippen molar-refractivity contribution in [2.75, 3.05) is 19.5 Å². The summed E-state index contributed by atoms with van der Waals surface area (Å²) in [7, 11) is 5.04. The van der Waals surface area contributed by atoms with Crippen molar-refractivity contribution in [3.8, 4) is 22.9 Å². The Morgan fingerprint density at radius 1 is 1.26 bits per heavy atom. The second kappa shape index (κ2) is 8.40. The number of anilines is 1. The number of thioether (sulfide) groups is 1. The van der Waals surface area contributed by atoms with Crippen LogP contribution in [-0.4, -0.2) is 45.1 Å². The second-order valence-electron chi connectivity index (χ2n) is 5.52. The van der Waals surface area contributed by atoms with Crippen LogP contribution in [-0.2, 0) is 11.8 Å². The summed E-state index contributed by atoms with van der Waals surface area (Å²) in [6.45, 7) is 1.82. The van der Waals surface area contributed by atoms with Gasteiger partial charge in [-0.15, -0.1) is 21.5 Å². The first kappa shape index (κ1) is 19.2. The summed E-state index contributed by atoms with van der Waals surface area (Å²) in [6.07, 6.45) is 1.65. The quantitative estimate of drug-likeness (QED) is 0.604. The predicted molar refractivity (Wildman–Crippen MR) is 106 cm³/mol. The largest absolute Gasteiger partial charge is 0.493 e. The van der Waals surface area contributed by atoms with Crippen molar-refractivity contribution in [3.05, 3.63) is 29.8 Å².